The van der Waals surface area contributed by atoms with Gasteiger partial charge in [-0.3, -0.25) is 0 Å². The van der Waals surface area contributed by atoms with Crippen molar-refractivity contribution in [1.29, 1.82) is 0 Å². The summed E-state index contributed by atoms with van der Waals surface area (Å²) in [5.41, 5.74) is 0.707. The van der Waals surface area contributed by atoms with E-state index >= 15 is 0 Å². The molecule has 0 atom stereocenters. The van der Waals surface area contributed by atoms with Gasteiger partial charge in [0.1, 0.15) is 18.2 Å². The number of aliphatic imine (C=N–C) groups is 1. The molecular formula is C19H27FN6. The molecule has 0 amide bonds. The first-order chi connectivity index (χ1) is 12.8. The van der Waals surface area contributed by atoms with Gasteiger partial charge in [-0.2, -0.15) is 0 Å². The number of guanidine groups is 1. The highest BCUT2D eigenvalue weighted by molar-refractivity contribution is 5.79. The van der Waals surface area contributed by atoms with Gasteiger partial charge in [-0.05, 0) is 37.8 Å². The van der Waals surface area contributed by atoms with Gasteiger partial charge in [-0.1, -0.05) is 24.6 Å². The molecule has 6 nitrogen and oxygen atoms in total. The zero-order chi connectivity index (χ0) is 18.2. The van der Waals surface area contributed by atoms with E-state index in [1.807, 2.05) is 19.1 Å². The molecule has 1 aromatic carbocycles. The van der Waals surface area contributed by atoms with E-state index in [0.29, 0.717) is 25.1 Å². The van der Waals surface area contributed by atoms with Crippen molar-refractivity contribution in [3.05, 3.63) is 47.3 Å². The summed E-state index contributed by atoms with van der Waals surface area (Å²) < 4.78 is 15.9. The molecule has 2 N–H and O–H groups in total. The van der Waals surface area contributed by atoms with Gasteiger partial charge in [0.05, 0.1) is 0 Å². The molecule has 0 saturated heterocycles. The molecule has 2 heterocycles. The third-order valence-corrected chi connectivity index (χ3v) is 4.55. The molecule has 2 aromatic rings. The Labute approximate surface area is 153 Å². The lowest BCUT2D eigenvalue weighted by Crippen LogP contribution is -2.38. The van der Waals surface area contributed by atoms with Crippen LogP contribution < -0.4 is 10.6 Å². The number of fused-ring (bicyclic) bond motifs is 1. The molecule has 1 aliphatic rings. The number of hydrogen-bond acceptors (Lipinski definition) is 3. The zero-order valence-corrected chi connectivity index (χ0v) is 15.3. The molecule has 0 bridgehead atoms. The summed E-state index contributed by atoms with van der Waals surface area (Å²) in [6.07, 6.45) is 5.20. The van der Waals surface area contributed by atoms with Gasteiger partial charge in [-0.15, -0.1) is 10.2 Å². The number of aryl methyl sites for hydroxylation is 1. The van der Waals surface area contributed by atoms with Gasteiger partial charge in [0.15, 0.2) is 11.8 Å². The van der Waals surface area contributed by atoms with Crippen LogP contribution in [0.1, 0.15) is 43.4 Å². The lowest BCUT2D eigenvalue weighted by atomic mass is 10.1. The normalized spacial score (nSPS) is 14.6. The first-order valence-electron chi connectivity index (χ1n) is 9.44. The molecule has 26 heavy (non-hydrogen) atoms. The number of aromatic nitrogens is 3. The van der Waals surface area contributed by atoms with Gasteiger partial charge in [0.2, 0.25) is 0 Å². The van der Waals surface area contributed by atoms with Crippen molar-refractivity contribution in [2.45, 2.75) is 52.1 Å². The molecule has 0 aliphatic carbocycles. The largest absolute Gasteiger partial charge is 0.357 e. The second-order valence-corrected chi connectivity index (χ2v) is 6.46. The van der Waals surface area contributed by atoms with Crippen molar-refractivity contribution in [2.24, 2.45) is 4.99 Å². The van der Waals surface area contributed by atoms with E-state index in [-0.39, 0.29) is 5.82 Å². The van der Waals surface area contributed by atoms with Gasteiger partial charge in [0, 0.05) is 26.1 Å². The molecule has 0 spiro atoms. The van der Waals surface area contributed by atoms with Crippen LogP contribution in [0.15, 0.2) is 29.3 Å². The molecule has 1 aromatic heterocycles. The number of halogens is 1. The highest BCUT2D eigenvalue weighted by atomic mass is 19.1. The van der Waals surface area contributed by atoms with Crippen molar-refractivity contribution in [3.63, 3.8) is 0 Å². The molecule has 0 fully saturated rings. The number of benzene rings is 1. The van der Waals surface area contributed by atoms with Crippen molar-refractivity contribution in [3.8, 4) is 0 Å². The van der Waals surface area contributed by atoms with Gasteiger partial charge in [-0.25, -0.2) is 9.38 Å². The monoisotopic (exact) mass is 358 g/mol. The zero-order valence-electron chi connectivity index (χ0n) is 15.3. The van der Waals surface area contributed by atoms with E-state index in [1.54, 1.807) is 6.07 Å². The van der Waals surface area contributed by atoms with Crippen LogP contribution in [-0.4, -0.2) is 33.8 Å². The molecule has 1 aliphatic heterocycles. The Morgan fingerprint density at radius 2 is 2.08 bits per heavy atom. The van der Waals surface area contributed by atoms with Crippen LogP contribution in [0, 0.1) is 5.82 Å². The molecular weight excluding hydrogens is 331 g/mol. The summed E-state index contributed by atoms with van der Waals surface area (Å²) >= 11 is 0. The smallest absolute Gasteiger partial charge is 0.191 e. The van der Waals surface area contributed by atoms with E-state index in [0.717, 1.165) is 37.1 Å². The van der Waals surface area contributed by atoms with E-state index in [4.69, 9.17) is 0 Å². The minimum atomic E-state index is -0.164. The highest BCUT2D eigenvalue weighted by Crippen LogP contribution is 2.14. The van der Waals surface area contributed by atoms with Crippen molar-refractivity contribution in [2.75, 3.05) is 13.1 Å². The highest BCUT2D eigenvalue weighted by Gasteiger charge is 2.14. The van der Waals surface area contributed by atoms with Crippen LogP contribution >= 0.6 is 0 Å². The van der Waals surface area contributed by atoms with Crippen LogP contribution in [0.3, 0.4) is 0 Å². The Balaban J connectivity index is 1.59. The van der Waals surface area contributed by atoms with Crippen LogP contribution in [0.4, 0.5) is 4.39 Å². The molecule has 3 rings (SSSR count). The topological polar surface area (TPSA) is 67.1 Å². The van der Waals surface area contributed by atoms with Crippen LogP contribution in [0.5, 0.6) is 0 Å². The third-order valence-electron chi connectivity index (χ3n) is 4.55. The number of nitrogens with zero attached hydrogens (tertiary/aromatic N) is 4. The summed E-state index contributed by atoms with van der Waals surface area (Å²) in [6.45, 7) is 4.87. The minimum absolute atomic E-state index is 0.164. The maximum atomic E-state index is 13.7. The lowest BCUT2D eigenvalue weighted by Gasteiger charge is -2.12. The number of rotatable bonds is 6. The fourth-order valence-electron chi connectivity index (χ4n) is 3.17. The molecule has 0 radical (unpaired) electrons. The van der Waals surface area contributed by atoms with Crippen molar-refractivity contribution in [1.82, 2.24) is 25.4 Å². The van der Waals surface area contributed by atoms with Crippen LogP contribution in [-0.2, 0) is 25.9 Å². The predicted molar refractivity (Wildman–Crippen MR) is 100 cm³/mol. The quantitative estimate of drug-likeness (QED) is 0.615. The summed E-state index contributed by atoms with van der Waals surface area (Å²) in [6, 6.07) is 6.87. The predicted octanol–water partition coefficient (Wildman–Crippen LogP) is 2.44. The average molecular weight is 358 g/mol. The molecule has 140 valence electrons. The first kappa shape index (κ1) is 18.4. The molecule has 0 saturated carbocycles. The average Bonchev–Trinajstić information content (AvgIpc) is 2.87. The lowest BCUT2D eigenvalue weighted by molar-refractivity contribution is 0.603. The van der Waals surface area contributed by atoms with Crippen molar-refractivity contribution >= 4 is 5.96 Å². The number of nitrogens with one attached hydrogen (secondary N) is 2. The van der Waals surface area contributed by atoms with Crippen LogP contribution in [0.2, 0.25) is 0 Å². The second kappa shape index (κ2) is 9.31. The molecule has 0 unspecified atom stereocenters. The summed E-state index contributed by atoms with van der Waals surface area (Å²) in [5.74, 6) is 2.54. The fraction of sp³-hybridized carbons (Fsp3) is 0.526. The number of hydrogen-bond donors (Lipinski definition) is 2. The summed E-state index contributed by atoms with van der Waals surface area (Å²) in [5, 5.41) is 15.1. The fourth-order valence-corrected chi connectivity index (χ4v) is 3.17. The van der Waals surface area contributed by atoms with E-state index < -0.39 is 0 Å². The summed E-state index contributed by atoms with van der Waals surface area (Å²) in [4.78, 5) is 4.63. The standard InChI is InChI=1S/C19H27FN6/c1-2-21-19(22-12-11-15-8-5-6-9-16(15)20)23-14-18-25-24-17-10-4-3-7-13-26(17)18/h5-6,8-9H,2-4,7,10-14H2,1H3,(H2,21,22,23). The van der Waals surface area contributed by atoms with E-state index in [2.05, 4.69) is 30.4 Å². The van der Waals surface area contributed by atoms with E-state index in [9.17, 15) is 4.39 Å². The Kier molecular flexibility index (Phi) is 6.57. The minimum Gasteiger partial charge on any atom is -0.357 e. The van der Waals surface area contributed by atoms with Gasteiger partial charge in [0.25, 0.3) is 0 Å². The maximum Gasteiger partial charge on any atom is 0.191 e. The van der Waals surface area contributed by atoms with Gasteiger partial charge >= 0.3 is 0 Å². The van der Waals surface area contributed by atoms with E-state index in [1.165, 1.54) is 25.3 Å². The Morgan fingerprint density at radius 1 is 1.19 bits per heavy atom. The Morgan fingerprint density at radius 3 is 2.92 bits per heavy atom. The SMILES string of the molecule is CCNC(=NCc1nnc2n1CCCCC2)NCCc1ccccc1F. The molecule has 7 heteroatoms. The summed E-state index contributed by atoms with van der Waals surface area (Å²) in [7, 11) is 0. The first-order valence-corrected chi connectivity index (χ1v) is 9.44. The second-order valence-electron chi connectivity index (χ2n) is 6.46. The van der Waals surface area contributed by atoms with Crippen LogP contribution in [0.25, 0.3) is 0 Å². The Bertz CT molecular complexity index is 739. The third kappa shape index (κ3) is 4.80. The maximum absolute atomic E-state index is 13.7. The Hall–Kier alpha value is -2.44. The van der Waals surface area contributed by atoms with Gasteiger partial charge < -0.3 is 15.2 Å². The van der Waals surface area contributed by atoms with Crippen molar-refractivity contribution < 1.29 is 4.39 Å².